The van der Waals surface area contributed by atoms with Gasteiger partial charge in [0, 0.05) is 51.9 Å². The number of nitrogens with two attached hydrogens (primary N) is 1. The second kappa shape index (κ2) is 7.20. The van der Waals surface area contributed by atoms with Crippen LogP contribution in [0.15, 0.2) is 6.07 Å². The van der Waals surface area contributed by atoms with Crippen molar-refractivity contribution in [2.75, 3.05) is 32.7 Å². The highest BCUT2D eigenvalue weighted by Crippen LogP contribution is 2.12. The van der Waals surface area contributed by atoms with E-state index in [9.17, 15) is 0 Å². The van der Waals surface area contributed by atoms with Crippen molar-refractivity contribution >= 4 is 0 Å². The van der Waals surface area contributed by atoms with Crippen molar-refractivity contribution in [3.8, 4) is 0 Å². The lowest BCUT2D eigenvalue weighted by molar-refractivity contribution is 0.0910. The highest BCUT2D eigenvalue weighted by molar-refractivity contribution is 5.09. The molecule has 2 heterocycles. The molecule has 1 aromatic heterocycles. The Hall–Kier alpha value is -0.910. The van der Waals surface area contributed by atoms with Crippen molar-refractivity contribution in [2.24, 2.45) is 5.73 Å². The van der Waals surface area contributed by atoms with E-state index in [-0.39, 0.29) is 0 Å². The zero-order valence-corrected chi connectivity index (χ0v) is 13.2. The molecule has 2 rings (SSSR count). The topological polar surface area (TPSA) is 50.3 Å². The molecule has 0 radical (unpaired) electrons. The zero-order valence-electron chi connectivity index (χ0n) is 13.2. The van der Waals surface area contributed by atoms with Crippen LogP contribution < -0.4 is 5.73 Å². The zero-order chi connectivity index (χ0) is 14.5. The third-order valence-electron chi connectivity index (χ3n) is 4.34. The Labute approximate surface area is 122 Å². The summed E-state index contributed by atoms with van der Waals surface area (Å²) in [5.74, 6) is 0. The summed E-state index contributed by atoms with van der Waals surface area (Å²) in [7, 11) is 0. The van der Waals surface area contributed by atoms with Crippen LogP contribution >= 0.6 is 0 Å². The van der Waals surface area contributed by atoms with Gasteiger partial charge in [0.1, 0.15) is 0 Å². The molecule has 1 aromatic rings. The summed E-state index contributed by atoms with van der Waals surface area (Å²) in [6.45, 7) is 13.7. The van der Waals surface area contributed by atoms with Crippen LogP contribution in [0.1, 0.15) is 31.7 Å². The lowest BCUT2D eigenvalue weighted by Gasteiger charge is -2.38. The van der Waals surface area contributed by atoms with Gasteiger partial charge in [0.15, 0.2) is 0 Å². The third kappa shape index (κ3) is 3.59. The monoisotopic (exact) mass is 279 g/mol. The molecular formula is C15H29N5. The normalized spacial score (nSPS) is 19.4. The fourth-order valence-electron chi connectivity index (χ4n) is 3.09. The Kier molecular flexibility index (Phi) is 5.57. The highest BCUT2D eigenvalue weighted by atomic mass is 15.3. The maximum Gasteiger partial charge on any atom is 0.0597 e. The summed E-state index contributed by atoms with van der Waals surface area (Å²) in [5, 5.41) is 4.53. The van der Waals surface area contributed by atoms with Gasteiger partial charge in [-0.15, -0.1) is 0 Å². The molecule has 0 spiro atoms. The Bertz CT molecular complexity index is 402. The minimum atomic E-state index is 0.556. The van der Waals surface area contributed by atoms with Gasteiger partial charge in [0.25, 0.3) is 0 Å². The summed E-state index contributed by atoms with van der Waals surface area (Å²) in [4.78, 5) is 5.07. The first kappa shape index (κ1) is 15.5. The van der Waals surface area contributed by atoms with Gasteiger partial charge in [0.05, 0.1) is 11.4 Å². The van der Waals surface area contributed by atoms with E-state index in [0.717, 1.165) is 57.9 Å². The number of hydrogen-bond donors (Lipinski definition) is 1. The largest absolute Gasteiger partial charge is 0.329 e. The highest BCUT2D eigenvalue weighted by Gasteiger charge is 2.22. The number of aromatic nitrogens is 2. The number of aryl methyl sites for hydroxylation is 2. The van der Waals surface area contributed by atoms with Crippen molar-refractivity contribution in [3.63, 3.8) is 0 Å². The molecule has 5 nitrogen and oxygen atoms in total. The van der Waals surface area contributed by atoms with Crippen LogP contribution in [0, 0.1) is 6.92 Å². The van der Waals surface area contributed by atoms with E-state index < -0.39 is 0 Å². The van der Waals surface area contributed by atoms with E-state index in [4.69, 9.17) is 5.73 Å². The number of rotatable bonds is 6. The summed E-state index contributed by atoms with van der Waals surface area (Å²) in [6, 6.07) is 2.77. The molecule has 1 fully saturated rings. The molecule has 20 heavy (non-hydrogen) atoms. The second-order valence-electron chi connectivity index (χ2n) is 5.70. The predicted octanol–water partition coefficient (Wildman–Crippen LogP) is 1.07. The van der Waals surface area contributed by atoms with E-state index in [1.165, 1.54) is 5.69 Å². The van der Waals surface area contributed by atoms with Gasteiger partial charge in [0.2, 0.25) is 0 Å². The lowest BCUT2D eigenvalue weighted by Crippen LogP contribution is -2.51. The van der Waals surface area contributed by atoms with E-state index in [2.05, 4.69) is 46.4 Å². The summed E-state index contributed by atoms with van der Waals surface area (Å²) in [5.41, 5.74) is 8.30. The maximum absolute atomic E-state index is 5.85. The molecule has 0 aromatic carbocycles. The fraction of sp³-hybridized carbons (Fsp3) is 0.800. The molecule has 0 bridgehead atoms. The number of hydrogen-bond acceptors (Lipinski definition) is 4. The summed E-state index contributed by atoms with van der Waals surface area (Å²) >= 11 is 0. The van der Waals surface area contributed by atoms with Gasteiger partial charge in [-0.25, -0.2) is 0 Å². The van der Waals surface area contributed by atoms with Crippen molar-refractivity contribution in [3.05, 3.63) is 17.5 Å². The van der Waals surface area contributed by atoms with Gasteiger partial charge in [-0.3, -0.25) is 14.5 Å². The molecule has 1 aliphatic heterocycles. The molecule has 1 aliphatic rings. The minimum absolute atomic E-state index is 0.556. The smallest absolute Gasteiger partial charge is 0.0597 e. The van der Waals surface area contributed by atoms with E-state index >= 15 is 0 Å². The molecule has 1 atom stereocenters. The van der Waals surface area contributed by atoms with Crippen LogP contribution in [0.25, 0.3) is 0 Å². The van der Waals surface area contributed by atoms with Crippen molar-refractivity contribution in [2.45, 2.75) is 46.3 Å². The van der Waals surface area contributed by atoms with E-state index in [1.54, 1.807) is 0 Å². The molecule has 2 N–H and O–H groups in total. The molecule has 5 heteroatoms. The molecular weight excluding hydrogens is 250 g/mol. The van der Waals surface area contributed by atoms with Gasteiger partial charge in [-0.2, -0.15) is 5.10 Å². The predicted molar refractivity (Wildman–Crippen MR) is 82.6 cm³/mol. The Morgan fingerprint density at radius 2 is 1.95 bits per heavy atom. The SMILES string of the molecule is CCC(CN)N1CCN(Cc2cc(C)nn2CC)CC1. The molecule has 0 amide bonds. The van der Waals surface area contributed by atoms with Crippen LogP contribution in [-0.4, -0.2) is 58.3 Å². The molecule has 0 saturated carbocycles. The van der Waals surface area contributed by atoms with Crippen molar-refractivity contribution in [1.29, 1.82) is 0 Å². The Morgan fingerprint density at radius 1 is 1.25 bits per heavy atom. The first-order valence-corrected chi connectivity index (χ1v) is 7.87. The quantitative estimate of drug-likeness (QED) is 0.846. The van der Waals surface area contributed by atoms with Gasteiger partial charge < -0.3 is 5.73 Å². The first-order chi connectivity index (χ1) is 9.67. The molecule has 1 unspecified atom stereocenters. The van der Waals surface area contributed by atoms with Crippen LogP contribution in [0.2, 0.25) is 0 Å². The minimum Gasteiger partial charge on any atom is -0.329 e. The molecule has 1 saturated heterocycles. The van der Waals surface area contributed by atoms with Crippen LogP contribution in [0.3, 0.4) is 0 Å². The van der Waals surface area contributed by atoms with Gasteiger partial charge in [-0.1, -0.05) is 6.92 Å². The third-order valence-corrected chi connectivity index (χ3v) is 4.34. The van der Waals surface area contributed by atoms with Gasteiger partial charge in [-0.05, 0) is 26.3 Å². The standard InChI is InChI=1S/C15H29N5/c1-4-14(11-16)19-8-6-18(7-9-19)12-15-10-13(3)17-20(15)5-2/h10,14H,4-9,11-12,16H2,1-3H3. The maximum atomic E-state index is 5.85. The second-order valence-corrected chi connectivity index (χ2v) is 5.70. The number of piperazine rings is 1. The molecule has 114 valence electrons. The average Bonchev–Trinajstić information content (AvgIpc) is 2.82. The first-order valence-electron chi connectivity index (χ1n) is 7.87. The van der Waals surface area contributed by atoms with Crippen LogP contribution in [0.5, 0.6) is 0 Å². The van der Waals surface area contributed by atoms with E-state index in [1.807, 2.05) is 0 Å². The van der Waals surface area contributed by atoms with Crippen molar-refractivity contribution in [1.82, 2.24) is 19.6 Å². The average molecular weight is 279 g/mol. The number of nitrogens with zero attached hydrogens (tertiary/aromatic N) is 4. The fourth-order valence-corrected chi connectivity index (χ4v) is 3.09. The van der Waals surface area contributed by atoms with Crippen LogP contribution in [-0.2, 0) is 13.1 Å². The Balaban J connectivity index is 1.88. The summed E-state index contributed by atoms with van der Waals surface area (Å²) < 4.78 is 2.12. The van der Waals surface area contributed by atoms with Gasteiger partial charge >= 0.3 is 0 Å². The Morgan fingerprint density at radius 3 is 2.50 bits per heavy atom. The van der Waals surface area contributed by atoms with E-state index in [0.29, 0.717) is 6.04 Å². The lowest BCUT2D eigenvalue weighted by atomic mass is 10.1. The molecule has 0 aliphatic carbocycles. The summed E-state index contributed by atoms with van der Waals surface area (Å²) in [6.07, 6.45) is 1.15. The van der Waals surface area contributed by atoms with Crippen molar-refractivity contribution < 1.29 is 0 Å². The van der Waals surface area contributed by atoms with Crippen LogP contribution in [0.4, 0.5) is 0 Å².